The molecule has 2 aromatic carbocycles. The molecule has 2 aromatic rings. The topological polar surface area (TPSA) is 63.4 Å². The maximum Gasteiger partial charge on any atom is 0.227 e. The van der Waals surface area contributed by atoms with Crippen LogP contribution in [0.15, 0.2) is 48.5 Å². The van der Waals surface area contributed by atoms with Crippen LogP contribution >= 0.6 is 23.2 Å². The molecule has 2 amide bonds. The first-order valence-electron chi connectivity index (χ1n) is 7.49. The smallest absolute Gasteiger partial charge is 0.227 e. The highest BCUT2D eigenvalue weighted by molar-refractivity contribution is 6.42. The fourth-order valence-electron chi connectivity index (χ4n) is 2.28. The molecule has 0 aromatic heterocycles. The molecule has 0 radical (unpaired) electrons. The number of benzene rings is 2. The number of primary amides is 1. The molecule has 0 aliphatic carbocycles. The predicted octanol–water partition coefficient (Wildman–Crippen LogP) is 3.44. The minimum Gasteiger partial charge on any atom is -0.370 e. The standard InChI is InChI=1S/C18H18Cl2N2O2/c19-15-7-6-14(10-16(15)20)11-18(24)22(9-8-17(21)23)12-13-4-2-1-3-5-13/h1-7,10H,8-9,11-12H2,(H2,21,23). The molecule has 0 saturated carbocycles. The second kappa shape index (κ2) is 8.71. The first kappa shape index (κ1) is 18.3. The number of hydrogen-bond donors (Lipinski definition) is 1. The molecule has 0 saturated heterocycles. The zero-order valence-electron chi connectivity index (χ0n) is 13.0. The molecule has 0 atom stereocenters. The van der Waals surface area contributed by atoms with Crippen LogP contribution in [0.2, 0.25) is 10.0 Å². The van der Waals surface area contributed by atoms with Gasteiger partial charge in [0.25, 0.3) is 0 Å². The maximum absolute atomic E-state index is 12.6. The van der Waals surface area contributed by atoms with Crippen molar-refractivity contribution in [3.05, 3.63) is 69.7 Å². The van der Waals surface area contributed by atoms with Gasteiger partial charge < -0.3 is 10.6 Å². The largest absolute Gasteiger partial charge is 0.370 e. The highest BCUT2D eigenvalue weighted by Gasteiger charge is 2.16. The Labute approximate surface area is 151 Å². The van der Waals surface area contributed by atoms with Crippen LogP contribution in [0.4, 0.5) is 0 Å². The molecule has 0 heterocycles. The molecule has 0 bridgehead atoms. The van der Waals surface area contributed by atoms with Crippen molar-refractivity contribution in [2.75, 3.05) is 6.54 Å². The van der Waals surface area contributed by atoms with E-state index in [0.29, 0.717) is 16.6 Å². The van der Waals surface area contributed by atoms with Crippen molar-refractivity contribution in [1.82, 2.24) is 4.90 Å². The first-order valence-corrected chi connectivity index (χ1v) is 8.25. The normalized spacial score (nSPS) is 10.4. The number of carbonyl (C=O) groups is 2. The second-order valence-corrected chi connectivity index (χ2v) is 6.26. The van der Waals surface area contributed by atoms with E-state index in [2.05, 4.69) is 0 Å². The van der Waals surface area contributed by atoms with Gasteiger partial charge >= 0.3 is 0 Å². The highest BCUT2D eigenvalue weighted by Crippen LogP contribution is 2.23. The molecule has 0 spiro atoms. The first-order chi connectivity index (χ1) is 11.5. The Morgan fingerprint density at radius 1 is 0.958 bits per heavy atom. The summed E-state index contributed by atoms with van der Waals surface area (Å²) in [5, 5.41) is 0.858. The molecule has 2 rings (SSSR count). The number of amides is 2. The van der Waals surface area contributed by atoms with Crippen molar-refractivity contribution in [3.8, 4) is 0 Å². The minimum atomic E-state index is -0.435. The van der Waals surface area contributed by atoms with Gasteiger partial charge in [0.15, 0.2) is 0 Å². The molecule has 2 N–H and O–H groups in total. The van der Waals surface area contributed by atoms with E-state index in [9.17, 15) is 9.59 Å². The molecule has 0 aliphatic heterocycles. The zero-order valence-corrected chi connectivity index (χ0v) is 14.6. The van der Waals surface area contributed by atoms with Gasteiger partial charge in [-0.15, -0.1) is 0 Å². The minimum absolute atomic E-state index is 0.0986. The third-order valence-corrected chi connectivity index (χ3v) is 4.28. The van der Waals surface area contributed by atoms with Crippen molar-refractivity contribution in [3.63, 3.8) is 0 Å². The maximum atomic E-state index is 12.6. The quantitative estimate of drug-likeness (QED) is 0.817. The highest BCUT2D eigenvalue weighted by atomic mass is 35.5. The van der Waals surface area contributed by atoms with Crippen LogP contribution in [-0.2, 0) is 22.6 Å². The Morgan fingerprint density at radius 3 is 2.29 bits per heavy atom. The lowest BCUT2D eigenvalue weighted by molar-refractivity contribution is -0.131. The summed E-state index contributed by atoms with van der Waals surface area (Å²) in [7, 11) is 0. The predicted molar refractivity (Wildman–Crippen MR) is 95.8 cm³/mol. The molecule has 4 nitrogen and oxygen atoms in total. The van der Waals surface area contributed by atoms with Crippen molar-refractivity contribution in [1.29, 1.82) is 0 Å². The summed E-state index contributed by atoms with van der Waals surface area (Å²) in [6.07, 6.45) is 0.308. The van der Waals surface area contributed by atoms with E-state index in [1.807, 2.05) is 30.3 Å². The van der Waals surface area contributed by atoms with E-state index < -0.39 is 5.91 Å². The van der Waals surface area contributed by atoms with E-state index in [4.69, 9.17) is 28.9 Å². The van der Waals surface area contributed by atoms with Crippen molar-refractivity contribution < 1.29 is 9.59 Å². The third-order valence-electron chi connectivity index (χ3n) is 3.54. The molecule has 24 heavy (non-hydrogen) atoms. The summed E-state index contributed by atoms with van der Waals surface area (Å²) in [6, 6.07) is 14.7. The van der Waals surface area contributed by atoms with Gasteiger partial charge in [0.1, 0.15) is 0 Å². The van der Waals surface area contributed by atoms with E-state index >= 15 is 0 Å². The van der Waals surface area contributed by atoms with Crippen LogP contribution in [0, 0.1) is 0 Å². The fraction of sp³-hybridized carbons (Fsp3) is 0.222. The van der Waals surface area contributed by atoms with Gasteiger partial charge in [-0.3, -0.25) is 9.59 Å². The number of nitrogens with two attached hydrogens (primary N) is 1. The Balaban J connectivity index is 2.10. The SMILES string of the molecule is NC(=O)CCN(Cc1ccccc1)C(=O)Cc1ccc(Cl)c(Cl)c1. The van der Waals surface area contributed by atoms with Crippen LogP contribution in [0.1, 0.15) is 17.5 Å². The lowest BCUT2D eigenvalue weighted by Gasteiger charge is -2.22. The summed E-state index contributed by atoms with van der Waals surface area (Å²) in [5.74, 6) is -0.533. The van der Waals surface area contributed by atoms with Crippen LogP contribution in [-0.4, -0.2) is 23.3 Å². The van der Waals surface area contributed by atoms with Gasteiger partial charge in [-0.05, 0) is 23.3 Å². The summed E-state index contributed by atoms with van der Waals surface area (Å²) < 4.78 is 0. The summed E-state index contributed by atoms with van der Waals surface area (Å²) in [6.45, 7) is 0.707. The number of carbonyl (C=O) groups excluding carboxylic acids is 2. The van der Waals surface area contributed by atoms with Gasteiger partial charge in [-0.25, -0.2) is 0 Å². The summed E-state index contributed by atoms with van der Waals surface area (Å²) in [4.78, 5) is 25.3. The van der Waals surface area contributed by atoms with E-state index in [1.54, 1.807) is 23.1 Å². The lowest BCUT2D eigenvalue weighted by atomic mass is 10.1. The van der Waals surface area contributed by atoms with E-state index in [1.165, 1.54) is 0 Å². The summed E-state index contributed by atoms with van der Waals surface area (Å²) >= 11 is 11.9. The molecule has 0 fully saturated rings. The lowest BCUT2D eigenvalue weighted by Crippen LogP contribution is -2.34. The average molecular weight is 365 g/mol. The summed E-state index contributed by atoms with van der Waals surface area (Å²) in [5.41, 5.74) is 6.97. The molecule has 0 unspecified atom stereocenters. The van der Waals surface area contributed by atoms with Crippen molar-refractivity contribution in [2.45, 2.75) is 19.4 Å². The average Bonchev–Trinajstić information content (AvgIpc) is 2.55. The molecular formula is C18H18Cl2N2O2. The van der Waals surface area contributed by atoms with Crippen LogP contribution in [0.3, 0.4) is 0 Å². The third kappa shape index (κ3) is 5.55. The van der Waals surface area contributed by atoms with Gasteiger partial charge in [0.2, 0.25) is 11.8 Å². The van der Waals surface area contributed by atoms with E-state index in [-0.39, 0.29) is 25.3 Å². The zero-order chi connectivity index (χ0) is 17.5. The number of nitrogens with zero attached hydrogens (tertiary/aromatic N) is 1. The number of rotatable bonds is 7. The monoisotopic (exact) mass is 364 g/mol. The number of hydrogen-bond acceptors (Lipinski definition) is 2. The van der Waals surface area contributed by atoms with Crippen LogP contribution < -0.4 is 5.73 Å². The van der Waals surface area contributed by atoms with Crippen molar-refractivity contribution >= 4 is 35.0 Å². The number of halogens is 2. The Kier molecular flexibility index (Phi) is 6.64. The Morgan fingerprint density at radius 2 is 1.67 bits per heavy atom. The Bertz CT molecular complexity index is 720. The molecule has 126 valence electrons. The van der Waals surface area contributed by atoms with Crippen LogP contribution in [0.5, 0.6) is 0 Å². The molecular weight excluding hydrogens is 347 g/mol. The molecule has 0 aliphatic rings. The van der Waals surface area contributed by atoms with E-state index in [0.717, 1.165) is 11.1 Å². The van der Waals surface area contributed by atoms with Gasteiger partial charge in [-0.1, -0.05) is 59.6 Å². The fourth-order valence-corrected chi connectivity index (χ4v) is 2.60. The van der Waals surface area contributed by atoms with Crippen LogP contribution in [0.25, 0.3) is 0 Å². The van der Waals surface area contributed by atoms with Gasteiger partial charge in [0, 0.05) is 19.5 Å². The van der Waals surface area contributed by atoms with Crippen molar-refractivity contribution in [2.24, 2.45) is 5.73 Å². The Hall–Kier alpha value is -2.04. The van der Waals surface area contributed by atoms with Gasteiger partial charge in [0.05, 0.1) is 16.5 Å². The van der Waals surface area contributed by atoms with Gasteiger partial charge in [-0.2, -0.15) is 0 Å². The second-order valence-electron chi connectivity index (χ2n) is 5.44. The molecule has 6 heteroatoms.